The second-order valence-corrected chi connectivity index (χ2v) is 6.76. The lowest BCUT2D eigenvalue weighted by molar-refractivity contribution is 0.0718. The first-order valence-electron chi connectivity index (χ1n) is 8.72. The molecule has 0 atom stereocenters. The van der Waals surface area contributed by atoms with Crippen molar-refractivity contribution in [2.45, 2.75) is 82.8 Å². The molecule has 3 nitrogen and oxygen atoms in total. The molecule has 1 aromatic rings. The number of aromatic nitrogens is 1. The topological polar surface area (TPSA) is 36.4 Å². The molecule has 3 rings (SSSR count). The average molecular weight is 288 g/mol. The van der Waals surface area contributed by atoms with Gasteiger partial charge < -0.3 is 5.11 Å². The Labute approximate surface area is 128 Å². The van der Waals surface area contributed by atoms with Gasteiger partial charge in [0.2, 0.25) is 0 Å². The van der Waals surface area contributed by atoms with Crippen molar-refractivity contribution in [3.05, 3.63) is 24.0 Å². The molecule has 2 fully saturated rings. The summed E-state index contributed by atoms with van der Waals surface area (Å²) in [6.45, 7) is 0.954. The standard InChI is InChI=1S/C18H28N2O/c21-18-12-11-15(19-13-18)14-20(16-7-3-1-4-8-16)17-9-5-2-6-10-17/h11-13,16-17,21H,1-10,14H2. The predicted octanol–water partition coefficient (Wildman–Crippen LogP) is 4.25. The number of rotatable bonds is 4. The molecule has 0 aliphatic heterocycles. The Morgan fingerprint density at radius 2 is 1.48 bits per heavy atom. The third-order valence-electron chi connectivity index (χ3n) is 5.24. The molecule has 2 aliphatic rings. The summed E-state index contributed by atoms with van der Waals surface area (Å²) in [5.74, 6) is 0.264. The molecule has 0 saturated heterocycles. The van der Waals surface area contributed by atoms with Crippen LogP contribution in [0, 0.1) is 0 Å². The maximum atomic E-state index is 9.41. The molecule has 0 aromatic carbocycles. The molecule has 3 heteroatoms. The van der Waals surface area contributed by atoms with Gasteiger partial charge in [-0.1, -0.05) is 38.5 Å². The van der Waals surface area contributed by atoms with Gasteiger partial charge in [-0.15, -0.1) is 0 Å². The van der Waals surface area contributed by atoms with Gasteiger partial charge in [0.15, 0.2) is 0 Å². The highest BCUT2D eigenvalue weighted by atomic mass is 16.3. The zero-order valence-electron chi connectivity index (χ0n) is 13.0. The molecule has 0 amide bonds. The van der Waals surface area contributed by atoms with E-state index in [-0.39, 0.29) is 5.75 Å². The Kier molecular flexibility index (Phi) is 5.13. The number of aromatic hydroxyl groups is 1. The lowest BCUT2D eigenvalue weighted by Crippen LogP contribution is -2.44. The lowest BCUT2D eigenvalue weighted by Gasteiger charge is -2.41. The van der Waals surface area contributed by atoms with Crippen LogP contribution in [0.4, 0.5) is 0 Å². The highest BCUT2D eigenvalue weighted by Gasteiger charge is 2.28. The summed E-state index contributed by atoms with van der Waals surface area (Å²) in [6, 6.07) is 5.24. The molecular weight excluding hydrogens is 260 g/mol. The molecule has 0 unspecified atom stereocenters. The summed E-state index contributed by atoms with van der Waals surface area (Å²) >= 11 is 0. The number of hydrogen-bond acceptors (Lipinski definition) is 3. The summed E-state index contributed by atoms with van der Waals surface area (Å²) in [7, 11) is 0. The number of pyridine rings is 1. The van der Waals surface area contributed by atoms with E-state index in [1.807, 2.05) is 6.07 Å². The van der Waals surface area contributed by atoms with E-state index < -0.39 is 0 Å². The van der Waals surface area contributed by atoms with Crippen LogP contribution >= 0.6 is 0 Å². The molecule has 21 heavy (non-hydrogen) atoms. The van der Waals surface area contributed by atoms with Gasteiger partial charge in [-0.2, -0.15) is 0 Å². The Hall–Kier alpha value is -1.09. The van der Waals surface area contributed by atoms with Crippen LogP contribution < -0.4 is 0 Å². The van der Waals surface area contributed by atoms with Crippen molar-refractivity contribution in [2.75, 3.05) is 0 Å². The molecule has 2 saturated carbocycles. The molecule has 1 heterocycles. The van der Waals surface area contributed by atoms with E-state index in [1.165, 1.54) is 64.2 Å². The third-order valence-corrected chi connectivity index (χ3v) is 5.24. The second kappa shape index (κ2) is 7.26. The molecule has 0 bridgehead atoms. The highest BCUT2D eigenvalue weighted by Crippen LogP contribution is 2.31. The van der Waals surface area contributed by atoms with Gasteiger partial charge in [0, 0.05) is 18.6 Å². The molecule has 0 spiro atoms. The van der Waals surface area contributed by atoms with Crippen LogP contribution in [0.1, 0.15) is 69.9 Å². The van der Waals surface area contributed by atoms with Crippen molar-refractivity contribution in [1.82, 2.24) is 9.88 Å². The zero-order chi connectivity index (χ0) is 14.5. The van der Waals surface area contributed by atoms with E-state index in [2.05, 4.69) is 9.88 Å². The van der Waals surface area contributed by atoms with Crippen molar-refractivity contribution in [2.24, 2.45) is 0 Å². The fraction of sp³-hybridized carbons (Fsp3) is 0.722. The van der Waals surface area contributed by atoms with E-state index >= 15 is 0 Å². The fourth-order valence-electron chi connectivity index (χ4n) is 4.08. The quantitative estimate of drug-likeness (QED) is 0.899. The van der Waals surface area contributed by atoms with Gasteiger partial charge in [0.1, 0.15) is 5.75 Å². The zero-order valence-corrected chi connectivity index (χ0v) is 13.0. The fourth-order valence-corrected chi connectivity index (χ4v) is 4.08. The Morgan fingerprint density at radius 1 is 0.905 bits per heavy atom. The van der Waals surface area contributed by atoms with Crippen molar-refractivity contribution in [1.29, 1.82) is 0 Å². The predicted molar refractivity (Wildman–Crippen MR) is 85.2 cm³/mol. The van der Waals surface area contributed by atoms with Crippen molar-refractivity contribution >= 4 is 0 Å². The molecule has 2 aliphatic carbocycles. The van der Waals surface area contributed by atoms with Gasteiger partial charge >= 0.3 is 0 Å². The van der Waals surface area contributed by atoms with E-state index in [0.717, 1.165) is 24.3 Å². The summed E-state index contributed by atoms with van der Waals surface area (Å²) in [5, 5.41) is 9.41. The van der Waals surface area contributed by atoms with E-state index in [9.17, 15) is 5.11 Å². The normalized spacial score (nSPS) is 21.8. The number of nitrogens with zero attached hydrogens (tertiary/aromatic N) is 2. The lowest BCUT2D eigenvalue weighted by atomic mass is 9.88. The van der Waals surface area contributed by atoms with Crippen LogP contribution in [0.2, 0.25) is 0 Å². The Morgan fingerprint density at radius 3 is 1.95 bits per heavy atom. The minimum atomic E-state index is 0.264. The smallest absolute Gasteiger partial charge is 0.133 e. The van der Waals surface area contributed by atoms with E-state index in [4.69, 9.17) is 0 Å². The SMILES string of the molecule is Oc1ccc(CN(C2CCCCC2)C2CCCCC2)nc1. The van der Waals surface area contributed by atoms with E-state index in [0.29, 0.717) is 0 Å². The Bertz CT molecular complexity index is 401. The van der Waals surface area contributed by atoms with Crippen molar-refractivity contribution in [3.63, 3.8) is 0 Å². The average Bonchev–Trinajstić information content (AvgIpc) is 2.56. The first-order chi connectivity index (χ1) is 10.3. The van der Waals surface area contributed by atoms with Crippen LogP contribution in [0.25, 0.3) is 0 Å². The van der Waals surface area contributed by atoms with Crippen LogP contribution in [0.5, 0.6) is 5.75 Å². The molecule has 0 radical (unpaired) electrons. The largest absolute Gasteiger partial charge is 0.506 e. The molecular formula is C18H28N2O. The monoisotopic (exact) mass is 288 g/mol. The molecule has 1 aromatic heterocycles. The summed E-state index contributed by atoms with van der Waals surface area (Å²) < 4.78 is 0. The highest BCUT2D eigenvalue weighted by molar-refractivity contribution is 5.18. The van der Waals surface area contributed by atoms with Gasteiger partial charge in [-0.3, -0.25) is 9.88 Å². The van der Waals surface area contributed by atoms with Gasteiger partial charge in [-0.25, -0.2) is 0 Å². The molecule has 116 valence electrons. The van der Waals surface area contributed by atoms with Gasteiger partial charge in [-0.05, 0) is 37.8 Å². The van der Waals surface area contributed by atoms with Gasteiger partial charge in [0.25, 0.3) is 0 Å². The van der Waals surface area contributed by atoms with Crippen molar-refractivity contribution in [3.8, 4) is 5.75 Å². The van der Waals surface area contributed by atoms with Crippen molar-refractivity contribution < 1.29 is 5.11 Å². The van der Waals surface area contributed by atoms with Crippen LogP contribution in [0.3, 0.4) is 0 Å². The van der Waals surface area contributed by atoms with Gasteiger partial charge in [0.05, 0.1) is 11.9 Å². The first-order valence-corrected chi connectivity index (χ1v) is 8.72. The summed E-state index contributed by atoms with van der Waals surface area (Å²) in [6.07, 6.45) is 15.4. The van der Waals surface area contributed by atoms with Crippen LogP contribution in [-0.4, -0.2) is 27.1 Å². The van der Waals surface area contributed by atoms with Crippen LogP contribution in [0.15, 0.2) is 18.3 Å². The van der Waals surface area contributed by atoms with E-state index in [1.54, 1.807) is 12.3 Å². The maximum Gasteiger partial charge on any atom is 0.133 e. The third kappa shape index (κ3) is 3.97. The number of hydrogen-bond donors (Lipinski definition) is 1. The molecule has 1 N–H and O–H groups in total. The second-order valence-electron chi connectivity index (χ2n) is 6.76. The summed E-state index contributed by atoms with van der Waals surface area (Å²) in [5.41, 5.74) is 1.10. The summed E-state index contributed by atoms with van der Waals surface area (Å²) in [4.78, 5) is 7.16. The maximum absolute atomic E-state index is 9.41. The first kappa shape index (κ1) is 14.8. The Balaban J connectivity index is 1.72. The minimum Gasteiger partial charge on any atom is -0.506 e. The van der Waals surface area contributed by atoms with Crippen LogP contribution in [-0.2, 0) is 6.54 Å². The minimum absolute atomic E-state index is 0.264.